The summed E-state index contributed by atoms with van der Waals surface area (Å²) in [5, 5.41) is 3.20. The van der Waals surface area contributed by atoms with Gasteiger partial charge in [0.25, 0.3) is 0 Å². The molecule has 1 aromatic heterocycles. The average Bonchev–Trinajstić information content (AvgIpc) is 2.34. The zero-order valence-corrected chi connectivity index (χ0v) is 13.6. The topological polar surface area (TPSA) is 77.2 Å². The lowest BCUT2D eigenvalue weighted by atomic mass is 10.2. The van der Waals surface area contributed by atoms with Crippen LogP contribution in [-0.4, -0.2) is 30.1 Å². The van der Waals surface area contributed by atoms with Crippen LogP contribution in [0.25, 0.3) is 0 Å². The van der Waals surface area contributed by atoms with E-state index in [9.17, 15) is 4.79 Å². The highest BCUT2D eigenvalue weighted by Crippen LogP contribution is 2.19. The Bertz CT molecular complexity index is 392. The van der Waals surface area contributed by atoms with E-state index in [-0.39, 0.29) is 36.8 Å². The summed E-state index contributed by atoms with van der Waals surface area (Å²) < 4.78 is 5.33. The molecule has 5 nitrogen and oxygen atoms in total. The first kappa shape index (κ1) is 21.5. The lowest BCUT2D eigenvalue weighted by molar-refractivity contribution is -0.121. The van der Waals surface area contributed by atoms with Gasteiger partial charge in [-0.1, -0.05) is 11.6 Å². The Morgan fingerprint density at radius 1 is 1.55 bits per heavy atom. The first-order valence-corrected chi connectivity index (χ1v) is 6.23. The molecule has 1 atom stereocenters. The normalized spacial score (nSPS) is 10.8. The molecule has 0 radical (unpaired) electrons. The molecule has 0 aromatic carbocycles. The predicted octanol–water partition coefficient (Wildman–Crippen LogP) is 2.20. The van der Waals surface area contributed by atoms with Gasteiger partial charge < -0.3 is 15.8 Å². The van der Waals surface area contributed by atoms with Gasteiger partial charge in [-0.05, 0) is 25.5 Å². The maximum Gasteiger partial charge on any atom is 0.232 e. The van der Waals surface area contributed by atoms with Crippen LogP contribution in [0.5, 0.6) is 5.88 Å². The van der Waals surface area contributed by atoms with E-state index in [1.54, 1.807) is 18.3 Å². The van der Waals surface area contributed by atoms with Crippen molar-refractivity contribution >= 4 is 42.3 Å². The van der Waals surface area contributed by atoms with Crippen LogP contribution in [-0.2, 0) is 4.79 Å². The highest BCUT2D eigenvalue weighted by molar-refractivity contribution is 6.31. The molecule has 0 aliphatic carbocycles. The molecule has 0 aliphatic rings. The average molecular weight is 345 g/mol. The Labute approximate surface area is 136 Å². The standard InChI is InChI=1S/C12H18ClN3O2.2ClH/c1-9(14)4-5-11(17)15-7-8-18-12-10(13)3-2-6-16-12;;/h2-3,6,9H,4-5,7-8,14H2,1H3,(H,15,17);2*1H. The summed E-state index contributed by atoms with van der Waals surface area (Å²) in [7, 11) is 0. The number of hydrogen-bond acceptors (Lipinski definition) is 4. The molecule has 8 heteroatoms. The van der Waals surface area contributed by atoms with Gasteiger partial charge in [-0.15, -0.1) is 24.8 Å². The minimum Gasteiger partial charge on any atom is -0.475 e. The molecule has 1 aromatic rings. The molecule has 0 spiro atoms. The van der Waals surface area contributed by atoms with Crippen LogP contribution in [0.1, 0.15) is 19.8 Å². The van der Waals surface area contributed by atoms with Crippen LogP contribution in [0.3, 0.4) is 0 Å². The van der Waals surface area contributed by atoms with Gasteiger partial charge in [0, 0.05) is 18.7 Å². The molecular formula is C12H20Cl3N3O2. The molecule has 20 heavy (non-hydrogen) atoms. The number of nitrogens with two attached hydrogens (primary N) is 1. The van der Waals surface area contributed by atoms with Crippen molar-refractivity contribution in [2.24, 2.45) is 5.73 Å². The van der Waals surface area contributed by atoms with Crippen LogP contribution < -0.4 is 15.8 Å². The van der Waals surface area contributed by atoms with Crippen molar-refractivity contribution in [3.05, 3.63) is 23.4 Å². The van der Waals surface area contributed by atoms with Gasteiger partial charge in [0.2, 0.25) is 11.8 Å². The van der Waals surface area contributed by atoms with Crippen LogP contribution in [0.2, 0.25) is 5.02 Å². The second kappa shape index (κ2) is 12.0. The number of rotatable bonds is 7. The summed E-state index contributed by atoms with van der Waals surface area (Å²) in [5.41, 5.74) is 5.56. The summed E-state index contributed by atoms with van der Waals surface area (Å²) in [6.07, 6.45) is 2.71. The second-order valence-corrected chi connectivity index (χ2v) is 4.41. The highest BCUT2D eigenvalue weighted by Gasteiger charge is 2.04. The van der Waals surface area contributed by atoms with Gasteiger partial charge >= 0.3 is 0 Å². The number of halogens is 3. The van der Waals surface area contributed by atoms with Crippen molar-refractivity contribution < 1.29 is 9.53 Å². The smallest absolute Gasteiger partial charge is 0.232 e. The quantitative estimate of drug-likeness (QED) is 0.743. The van der Waals surface area contributed by atoms with Crippen molar-refractivity contribution in [1.29, 1.82) is 0 Å². The van der Waals surface area contributed by atoms with E-state index in [1.807, 2.05) is 6.92 Å². The van der Waals surface area contributed by atoms with E-state index in [4.69, 9.17) is 22.1 Å². The van der Waals surface area contributed by atoms with Crippen LogP contribution in [0.15, 0.2) is 18.3 Å². The fourth-order valence-electron chi connectivity index (χ4n) is 1.26. The van der Waals surface area contributed by atoms with E-state index in [0.717, 1.165) is 0 Å². The Hall–Kier alpha value is -0.750. The molecule has 3 N–H and O–H groups in total. The van der Waals surface area contributed by atoms with Gasteiger partial charge in [0.15, 0.2) is 0 Å². The number of pyridine rings is 1. The molecule has 1 amide bonds. The predicted molar refractivity (Wildman–Crippen MR) is 85.1 cm³/mol. The van der Waals surface area contributed by atoms with Crippen LogP contribution in [0, 0.1) is 0 Å². The number of ether oxygens (including phenoxy) is 1. The van der Waals surface area contributed by atoms with E-state index in [1.165, 1.54) is 0 Å². The number of amides is 1. The van der Waals surface area contributed by atoms with E-state index in [0.29, 0.717) is 36.9 Å². The Morgan fingerprint density at radius 2 is 2.25 bits per heavy atom. The summed E-state index contributed by atoms with van der Waals surface area (Å²) in [5.74, 6) is 0.354. The lowest BCUT2D eigenvalue weighted by Gasteiger charge is -2.08. The number of carbonyl (C=O) groups is 1. The minimum atomic E-state index is -0.0250. The van der Waals surface area contributed by atoms with Gasteiger partial charge in [-0.2, -0.15) is 0 Å². The molecular weight excluding hydrogens is 325 g/mol. The zero-order valence-electron chi connectivity index (χ0n) is 11.2. The third-order valence-corrected chi connectivity index (χ3v) is 2.50. The third kappa shape index (κ3) is 9.20. The minimum absolute atomic E-state index is 0. The van der Waals surface area contributed by atoms with E-state index < -0.39 is 0 Å². The van der Waals surface area contributed by atoms with Crippen molar-refractivity contribution in [2.45, 2.75) is 25.8 Å². The Kier molecular flexibility index (Phi) is 13.0. The maximum absolute atomic E-state index is 11.4. The molecule has 0 saturated carbocycles. The fraction of sp³-hybridized carbons (Fsp3) is 0.500. The summed E-state index contributed by atoms with van der Waals surface area (Å²) >= 11 is 5.86. The summed E-state index contributed by atoms with van der Waals surface area (Å²) in [6.45, 7) is 2.63. The fourth-order valence-corrected chi connectivity index (χ4v) is 1.44. The molecule has 0 aliphatic heterocycles. The van der Waals surface area contributed by atoms with Gasteiger partial charge in [-0.3, -0.25) is 4.79 Å². The summed E-state index contributed by atoms with van der Waals surface area (Å²) in [4.78, 5) is 15.3. The first-order chi connectivity index (χ1) is 8.59. The van der Waals surface area contributed by atoms with Crippen molar-refractivity contribution in [3.63, 3.8) is 0 Å². The molecule has 1 rings (SSSR count). The molecule has 0 fully saturated rings. The second-order valence-electron chi connectivity index (χ2n) is 4.00. The van der Waals surface area contributed by atoms with E-state index >= 15 is 0 Å². The van der Waals surface area contributed by atoms with Crippen molar-refractivity contribution in [1.82, 2.24) is 10.3 Å². The largest absolute Gasteiger partial charge is 0.475 e. The third-order valence-electron chi connectivity index (χ3n) is 2.21. The van der Waals surface area contributed by atoms with Gasteiger partial charge in [-0.25, -0.2) is 4.98 Å². The van der Waals surface area contributed by atoms with Gasteiger partial charge in [0.1, 0.15) is 11.6 Å². The monoisotopic (exact) mass is 343 g/mol. The highest BCUT2D eigenvalue weighted by atomic mass is 35.5. The lowest BCUT2D eigenvalue weighted by Crippen LogP contribution is -2.29. The van der Waals surface area contributed by atoms with Gasteiger partial charge in [0.05, 0.1) is 6.54 Å². The van der Waals surface area contributed by atoms with E-state index in [2.05, 4.69) is 10.3 Å². The van der Waals surface area contributed by atoms with Crippen molar-refractivity contribution in [3.8, 4) is 5.88 Å². The SMILES string of the molecule is CC(N)CCC(=O)NCCOc1ncccc1Cl.Cl.Cl. The summed E-state index contributed by atoms with van der Waals surface area (Å²) in [6, 6.07) is 3.47. The van der Waals surface area contributed by atoms with Crippen molar-refractivity contribution in [2.75, 3.05) is 13.2 Å². The Balaban J connectivity index is 0. The van der Waals surface area contributed by atoms with Crippen LogP contribution >= 0.6 is 36.4 Å². The number of carbonyl (C=O) groups excluding carboxylic acids is 1. The Morgan fingerprint density at radius 3 is 2.85 bits per heavy atom. The molecule has 0 saturated heterocycles. The molecule has 1 unspecified atom stereocenters. The number of nitrogens with one attached hydrogen (secondary N) is 1. The number of hydrogen-bond donors (Lipinski definition) is 2. The first-order valence-electron chi connectivity index (χ1n) is 5.85. The number of aromatic nitrogens is 1. The zero-order chi connectivity index (χ0) is 13.4. The number of nitrogens with zero attached hydrogens (tertiary/aromatic N) is 1. The maximum atomic E-state index is 11.4. The molecule has 1 heterocycles. The molecule has 116 valence electrons. The van der Waals surface area contributed by atoms with Crippen LogP contribution in [0.4, 0.5) is 0 Å². The molecule has 0 bridgehead atoms.